The van der Waals surface area contributed by atoms with Crippen LogP contribution in [0, 0.1) is 0 Å². The second-order valence-corrected chi connectivity index (χ2v) is 6.67. The number of halogens is 2. The first-order chi connectivity index (χ1) is 10.7. The smallest absolute Gasteiger partial charge is 0.434 e. The second kappa shape index (κ2) is 5.46. The Morgan fingerprint density at radius 2 is 1.52 bits per heavy atom. The van der Waals surface area contributed by atoms with Crippen molar-refractivity contribution in [2.45, 2.75) is 45.5 Å². The maximum atomic E-state index is 12.7. The van der Waals surface area contributed by atoms with Crippen LogP contribution in [0.4, 0.5) is 8.78 Å². The van der Waals surface area contributed by atoms with Gasteiger partial charge in [0.15, 0.2) is 0 Å². The van der Waals surface area contributed by atoms with Gasteiger partial charge in [0, 0.05) is 5.39 Å². The molecule has 1 aliphatic rings. The molecule has 1 saturated heterocycles. The lowest BCUT2D eigenvalue weighted by Crippen LogP contribution is -2.41. The molecule has 1 aliphatic heterocycles. The van der Waals surface area contributed by atoms with Crippen LogP contribution in [0.25, 0.3) is 10.8 Å². The molecule has 0 atom stereocenters. The van der Waals surface area contributed by atoms with Crippen LogP contribution in [-0.4, -0.2) is 24.9 Å². The predicted octanol–water partition coefficient (Wildman–Crippen LogP) is 3.74. The summed E-state index contributed by atoms with van der Waals surface area (Å²) in [6.07, 6.45) is 0. The first kappa shape index (κ1) is 16.2. The summed E-state index contributed by atoms with van der Waals surface area (Å²) >= 11 is 0. The summed E-state index contributed by atoms with van der Waals surface area (Å²) in [4.78, 5) is 0. The van der Waals surface area contributed by atoms with Crippen molar-refractivity contribution >= 4 is 23.4 Å². The van der Waals surface area contributed by atoms with Gasteiger partial charge in [0.25, 0.3) is 0 Å². The van der Waals surface area contributed by atoms with Gasteiger partial charge in [-0.25, -0.2) is 0 Å². The van der Waals surface area contributed by atoms with E-state index in [-0.39, 0.29) is 5.75 Å². The van der Waals surface area contributed by atoms with Crippen molar-refractivity contribution in [3.8, 4) is 5.75 Å². The third kappa shape index (κ3) is 2.81. The first-order valence-corrected chi connectivity index (χ1v) is 7.53. The Labute approximate surface area is 134 Å². The monoisotopic (exact) mass is 320 g/mol. The molecule has 23 heavy (non-hydrogen) atoms. The summed E-state index contributed by atoms with van der Waals surface area (Å²) in [5, 5.41) is 1.39. The van der Waals surface area contributed by atoms with Crippen molar-refractivity contribution in [3.63, 3.8) is 0 Å². The first-order valence-electron chi connectivity index (χ1n) is 7.53. The molecular formula is C17H19BF2O3. The normalized spacial score (nSPS) is 19.5. The third-order valence-corrected chi connectivity index (χ3v) is 4.62. The molecular weight excluding hydrogens is 301 g/mol. The lowest BCUT2D eigenvalue weighted by atomic mass is 9.76. The molecule has 0 amide bonds. The summed E-state index contributed by atoms with van der Waals surface area (Å²) in [5.41, 5.74) is -0.311. The van der Waals surface area contributed by atoms with Crippen LogP contribution < -0.4 is 10.2 Å². The van der Waals surface area contributed by atoms with E-state index in [9.17, 15) is 8.78 Å². The van der Waals surface area contributed by atoms with Crippen LogP contribution in [0.15, 0.2) is 36.4 Å². The summed E-state index contributed by atoms with van der Waals surface area (Å²) < 4.78 is 42.2. The Hall–Kier alpha value is -1.66. The van der Waals surface area contributed by atoms with E-state index in [1.807, 2.05) is 52.0 Å². The molecule has 0 radical (unpaired) electrons. The predicted molar refractivity (Wildman–Crippen MR) is 86.3 cm³/mol. The molecule has 0 aromatic heterocycles. The van der Waals surface area contributed by atoms with Gasteiger partial charge >= 0.3 is 13.7 Å². The number of ether oxygens (including phenoxy) is 1. The highest BCUT2D eigenvalue weighted by Crippen LogP contribution is 2.37. The molecule has 0 aliphatic carbocycles. The number of fused-ring (bicyclic) bond motifs is 1. The highest BCUT2D eigenvalue weighted by molar-refractivity contribution is 6.65. The summed E-state index contributed by atoms with van der Waals surface area (Å²) in [7, 11) is -0.633. The van der Waals surface area contributed by atoms with Gasteiger partial charge in [-0.15, -0.1) is 0 Å². The molecule has 0 spiro atoms. The quantitative estimate of drug-likeness (QED) is 0.807. The minimum absolute atomic E-state index is 0.128. The Balaban J connectivity index is 2.12. The van der Waals surface area contributed by atoms with Gasteiger partial charge in [-0.05, 0) is 44.6 Å². The minimum Gasteiger partial charge on any atom is -0.434 e. The van der Waals surface area contributed by atoms with Crippen molar-refractivity contribution in [2.75, 3.05) is 0 Å². The molecule has 6 heteroatoms. The van der Waals surface area contributed by atoms with Gasteiger partial charge < -0.3 is 14.0 Å². The van der Waals surface area contributed by atoms with E-state index < -0.39 is 24.9 Å². The molecule has 1 heterocycles. The fraction of sp³-hybridized carbons (Fsp3) is 0.412. The Morgan fingerprint density at radius 3 is 2.09 bits per heavy atom. The van der Waals surface area contributed by atoms with Crippen LogP contribution >= 0.6 is 0 Å². The number of alkyl halides is 2. The van der Waals surface area contributed by atoms with Crippen molar-refractivity contribution in [1.29, 1.82) is 0 Å². The number of rotatable bonds is 3. The van der Waals surface area contributed by atoms with Gasteiger partial charge in [-0.1, -0.05) is 30.3 Å². The zero-order chi connectivity index (χ0) is 16.8. The molecule has 3 nitrogen and oxygen atoms in total. The highest BCUT2D eigenvalue weighted by atomic mass is 19.3. The molecule has 3 rings (SSSR count). The van der Waals surface area contributed by atoms with E-state index in [0.717, 1.165) is 5.39 Å². The van der Waals surface area contributed by atoms with E-state index >= 15 is 0 Å². The highest BCUT2D eigenvalue weighted by Gasteiger charge is 2.52. The largest absolute Gasteiger partial charge is 0.495 e. The van der Waals surface area contributed by atoms with Gasteiger partial charge in [-0.3, -0.25) is 0 Å². The fourth-order valence-electron chi connectivity index (χ4n) is 2.70. The van der Waals surface area contributed by atoms with Crippen LogP contribution in [0.1, 0.15) is 27.7 Å². The Morgan fingerprint density at radius 1 is 0.957 bits per heavy atom. The lowest BCUT2D eigenvalue weighted by molar-refractivity contribution is -0.0487. The van der Waals surface area contributed by atoms with E-state index in [1.54, 1.807) is 6.07 Å². The van der Waals surface area contributed by atoms with E-state index in [1.165, 1.54) is 6.07 Å². The van der Waals surface area contributed by atoms with Crippen molar-refractivity contribution in [3.05, 3.63) is 36.4 Å². The maximum Gasteiger partial charge on any atom is 0.495 e. The average molecular weight is 320 g/mol. The third-order valence-electron chi connectivity index (χ3n) is 4.62. The summed E-state index contributed by atoms with van der Waals surface area (Å²) in [6, 6.07) is 10.6. The van der Waals surface area contributed by atoms with E-state index in [4.69, 9.17) is 9.31 Å². The Bertz CT molecular complexity index is 710. The van der Waals surface area contributed by atoms with Crippen LogP contribution in [0.5, 0.6) is 5.75 Å². The molecule has 122 valence electrons. The van der Waals surface area contributed by atoms with Crippen molar-refractivity contribution in [1.82, 2.24) is 0 Å². The average Bonchev–Trinajstić information content (AvgIpc) is 2.66. The minimum atomic E-state index is -2.88. The Kier molecular flexibility index (Phi) is 3.85. The molecule has 0 N–H and O–H groups in total. The second-order valence-electron chi connectivity index (χ2n) is 6.67. The standard InChI is InChI=1S/C17H19BF2O3/c1-16(2)17(3,4)23-18(22-16)12-9-5-7-11-8-6-10-13(14(11)12)21-15(19)20/h5-10,15H,1-4H3. The molecule has 0 unspecified atom stereocenters. The van der Waals surface area contributed by atoms with Gasteiger partial charge in [0.05, 0.1) is 11.2 Å². The fourth-order valence-corrected chi connectivity index (χ4v) is 2.70. The van der Waals surface area contributed by atoms with Crippen molar-refractivity contribution in [2.24, 2.45) is 0 Å². The van der Waals surface area contributed by atoms with Gasteiger partial charge in [0.2, 0.25) is 0 Å². The molecule has 2 aromatic rings. The molecule has 2 aromatic carbocycles. The summed E-state index contributed by atoms with van der Waals surface area (Å²) in [5.74, 6) is 0.128. The SMILES string of the molecule is CC1(C)OB(c2cccc3cccc(OC(F)F)c23)OC1(C)C. The van der Waals surface area contributed by atoms with Crippen LogP contribution in [0.3, 0.4) is 0 Å². The van der Waals surface area contributed by atoms with E-state index in [2.05, 4.69) is 4.74 Å². The number of hydrogen-bond acceptors (Lipinski definition) is 3. The molecule has 0 saturated carbocycles. The van der Waals surface area contributed by atoms with Crippen LogP contribution in [0.2, 0.25) is 0 Å². The molecule has 0 bridgehead atoms. The zero-order valence-corrected chi connectivity index (χ0v) is 13.6. The lowest BCUT2D eigenvalue weighted by Gasteiger charge is -2.32. The maximum absolute atomic E-state index is 12.7. The summed E-state index contributed by atoms with van der Waals surface area (Å²) in [6.45, 7) is 4.93. The topological polar surface area (TPSA) is 27.7 Å². The van der Waals surface area contributed by atoms with Crippen molar-refractivity contribution < 1.29 is 22.8 Å². The number of hydrogen-bond donors (Lipinski definition) is 0. The van der Waals surface area contributed by atoms with Gasteiger partial charge in [-0.2, -0.15) is 8.78 Å². The molecule has 1 fully saturated rings. The zero-order valence-electron chi connectivity index (χ0n) is 13.6. The van der Waals surface area contributed by atoms with E-state index in [0.29, 0.717) is 10.8 Å². The number of benzene rings is 2. The van der Waals surface area contributed by atoms with Gasteiger partial charge in [0.1, 0.15) is 5.75 Å². The van der Waals surface area contributed by atoms with Crippen LogP contribution in [-0.2, 0) is 9.31 Å².